The van der Waals surface area contributed by atoms with E-state index in [-0.39, 0.29) is 7.43 Å². The first-order valence-corrected chi connectivity index (χ1v) is 7.66. The summed E-state index contributed by atoms with van der Waals surface area (Å²) in [5.41, 5.74) is 2.19. The zero-order valence-electron chi connectivity index (χ0n) is 15.4. The van der Waals surface area contributed by atoms with Gasteiger partial charge in [0.1, 0.15) is 0 Å². The minimum atomic E-state index is 0. The molecule has 1 rings (SSSR count). The first-order valence-electron chi connectivity index (χ1n) is 7.66. The molecular formula is C20H42. The van der Waals surface area contributed by atoms with E-state index in [1.165, 1.54) is 5.56 Å². The fourth-order valence-electron chi connectivity index (χ4n) is 0.938. The Morgan fingerprint density at radius 2 is 0.850 bits per heavy atom. The minimum Gasteiger partial charge on any atom is -0.0776 e. The van der Waals surface area contributed by atoms with Gasteiger partial charge in [-0.2, -0.15) is 0 Å². The lowest BCUT2D eigenvalue weighted by molar-refractivity contribution is 0.469. The second kappa shape index (κ2) is 14.6. The lowest BCUT2D eigenvalue weighted by Crippen LogP contribution is -2.10. The molecule has 0 saturated carbocycles. The summed E-state index contributed by atoms with van der Waals surface area (Å²) < 4.78 is 0. The standard InChI is InChI=1S/C10H14.C5H12.2C2H6.CH4/c1-10(2,3)9-7-5-4-6-8-9;1-5(2,3)4;2*1-2;/h4-8H,1-3H3;1-4H3;2*1-2H3;1H4. The molecule has 0 nitrogen and oxygen atoms in total. The van der Waals surface area contributed by atoms with Gasteiger partial charge in [0.2, 0.25) is 0 Å². The molecule has 0 radical (unpaired) electrons. The molecule has 0 aliphatic rings. The first-order chi connectivity index (χ1) is 8.61. The van der Waals surface area contributed by atoms with E-state index in [2.05, 4.69) is 78.8 Å². The van der Waals surface area contributed by atoms with Gasteiger partial charge >= 0.3 is 0 Å². The van der Waals surface area contributed by atoms with E-state index in [1.807, 2.05) is 27.7 Å². The molecule has 0 amide bonds. The van der Waals surface area contributed by atoms with Crippen LogP contribution in [0.1, 0.15) is 89.2 Å². The van der Waals surface area contributed by atoms with Gasteiger partial charge < -0.3 is 0 Å². The zero-order chi connectivity index (χ0) is 16.1. The van der Waals surface area contributed by atoms with Crippen molar-refractivity contribution >= 4 is 0 Å². The van der Waals surface area contributed by atoms with Crippen LogP contribution in [0.2, 0.25) is 0 Å². The van der Waals surface area contributed by atoms with Crippen molar-refractivity contribution in [3.8, 4) is 0 Å². The molecule has 122 valence electrons. The van der Waals surface area contributed by atoms with Gasteiger partial charge in [-0.05, 0) is 16.4 Å². The number of hydrogen-bond acceptors (Lipinski definition) is 0. The Hall–Kier alpha value is -0.780. The maximum atomic E-state index is 2.22. The van der Waals surface area contributed by atoms with Crippen LogP contribution < -0.4 is 0 Å². The van der Waals surface area contributed by atoms with Gasteiger partial charge in [-0.1, -0.05) is 114 Å². The van der Waals surface area contributed by atoms with Crippen molar-refractivity contribution in [3.05, 3.63) is 35.9 Å². The second-order valence-corrected chi connectivity index (χ2v) is 6.62. The summed E-state index contributed by atoms with van der Waals surface area (Å²) >= 11 is 0. The number of benzene rings is 1. The van der Waals surface area contributed by atoms with Crippen LogP contribution in [-0.2, 0) is 5.41 Å². The van der Waals surface area contributed by atoms with Gasteiger partial charge in [0, 0.05) is 0 Å². The molecule has 1 aromatic carbocycles. The molecule has 20 heavy (non-hydrogen) atoms. The third-order valence-corrected chi connectivity index (χ3v) is 1.64. The monoisotopic (exact) mass is 282 g/mol. The maximum absolute atomic E-state index is 2.22. The van der Waals surface area contributed by atoms with Gasteiger partial charge in [0.15, 0.2) is 0 Å². The molecule has 0 spiro atoms. The molecular weight excluding hydrogens is 240 g/mol. The molecule has 0 bridgehead atoms. The molecule has 0 heteroatoms. The third-order valence-electron chi connectivity index (χ3n) is 1.64. The highest BCUT2D eigenvalue weighted by molar-refractivity contribution is 5.21. The van der Waals surface area contributed by atoms with E-state index in [0.29, 0.717) is 10.8 Å². The number of rotatable bonds is 0. The summed E-state index contributed by atoms with van der Waals surface area (Å²) in [6, 6.07) is 10.6. The van der Waals surface area contributed by atoms with E-state index in [1.54, 1.807) is 0 Å². The van der Waals surface area contributed by atoms with Crippen molar-refractivity contribution in [1.29, 1.82) is 0 Å². The highest BCUT2D eigenvalue weighted by Crippen LogP contribution is 2.20. The number of hydrogen-bond donors (Lipinski definition) is 0. The van der Waals surface area contributed by atoms with Crippen LogP contribution in [-0.4, -0.2) is 0 Å². The highest BCUT2D eigenvalue weighted by atomic mass is 14.2. The predicted octanol–water partition coefficient (Wildman–Crippen LogP) is 7.73. The van der Waals surface area contributed by atoms with Crippen molar-refractivity contribution in [2.45, 2.75) is 89.0 Å². The molecule has 0 aromatic heterocycles. The Morgan fingerprint density at radius 1 is 0.600 bits per heavy atom. The minimum absolute atomic E-state index is 0. The molecule has 0 aliphatic carbocycles. The average molecular weight is 283 g/mol. The Labute approximate surface area is 131 Å². The maximum Gasteiger partial charge on any atom is -0.0132 e. The van der Waals surface area contributed by atoms with Crippen LogP contribution in [0, 0.1) is 5.41 Å². The summed E-state index contributed by atoms with van der Waals surface area (Å²) in [5, 5.41) is 0. The van der Waals surface area contributed by atoms with Crippen LogP contribution in [0.25, 0.3) is 0 Å². The fraction of sp³-hybridized carbons (Fsp3) is 0.700. The molecule has 0 unspecified atom stereocenters. The normalized spacial score (nSPS) is 9.35. The predicted molar refractivity (Wildman–Crippen MR) is 99.7 cm³/mol. The Bertz CT molecular complexity index is 250. The van der Waals surface area contributed by atoms with Crippen molar-refractivity contribution < 1.29 is 0 Å². The van der Waals surface area contributed by atoms with Crippen LogP contribution in [0.15, 0.2) is 30.3 Å². The van der Waals surface area contributed by atoms with E-state index in [4.69, 9.17) is 0 Å². The molecule has 0 fully saturated rings. The van der Waals surface area contributed by atoms with Crippen molar-refractivity contribution in [3.63, 3.8) is 0 Å². The van der Waals surface area contributed by atoms with Crippen molar-refractivity contribution in [2.75, 3.05) is 0 Å². The van der Waals surface area contributed by atoms with E-state index in [9.17, 15) is 0 Å². The van der Waals surface area contributed by atoms with Gasteiger partial charge in [-0.3, -0.25) is 0 Å². The van der Waals surface area contributed by atoms with E-state index < -0.39 is 0 Å². The third kappa shape index (κ3) is 25.9. The molecule has 0 atom stereocenters. The molecule has 0 saturated heterocycles. The van der Waals surface area contributed by atoms with Crippen LogP contribution in [0.3, 0.4) is 0 Å². The summed E-state index contributed by atoms with van der Waals surface area (Å²) in [7, 11) is 0. The van der Waals surface area contributed by atoms with Crippen LogP contribution in [0.4, 0.5) is 0 Å². The largest absolute Gasteiger partial charge is 0.0776 e. The molecule has 0 aliphatic heterocycles. The smallest absolute Gasteiger partial charge is 0.0132 e. The van der Waals surface area contributed by atoms with Crippen molar-refractivity contribution in [1.82, 2.24) is 0 Å². The van der Waals surface area contributed by atoms with Gasteiger partial charge in [-0.25, -0.2) is 0 Å². The van der Waals surface area contributed by atoms with Crippen molar-refractivity contribution in [2.24, 2.45) is 5.41 Å². The second-order valence-electron chi connectivity index (χ2n) is 6.62. The van der Waals surface area contributed by atoms with Gasteiger partial charge in [0.25, 0.3) is 0 Å². The van der Waals surface area contributed by atoms with Crippen LogP contribution >= 0.6 is 0 Å². The molecule has 0 N–H and O–H groups in total. The van der Waals surface area contributed by atoms with E-state index in [0.717, 1.165) is 0 Å². The zero-order valence-corrected chi connectivity index (χ0v) is 15.4. The SMILES string of the molecule is C.CC.CC.CC(C)(C)C.CC(C)(C)c1ccccc1. The quantitative estimate of drug-likeness (QED) is 0.457. The lowest BCUT2D eigenvalue weighted by Gasteiger charge is -2.18. The highest BCUT2D eigenvalue weighted by Gasteiger charge is 2.11. The Morgan fingerprint density at radius 3 is 1.00 bits per heavy atom. The van der Waals surface area contributed by atoms with Crippen LogP contribution in [0.5, 0.6) is 0 Å². The summed E-state index contributed by atoms with van der Waals surface area (Å²) in [6.07, 6.45) is 0. The summed E-state index contributed by atoms with van der Waals surface area (Å²) in [4.78, 5) is 0. The van der Waals surface area contributed by atoms with E-state index >= 15 is 0 Å². The summed E-state index contributed by atoms with van der Waals surface area (Å²) in [6.45, 7) is 23.4. The average Bonchev–Trinajstić information content (AvgIpc) is 2.32. The van der Waals surface area contributed by atoms with Gasteiger partial charge in [-0.15, -0.1) is 0 Å². The first kappa shape index (κ1) is 27.5. The molecule has 0 heterocycles. The van der Waals surface area contributed by atoms with Gasteiger partial charge in [0.05, 0.1) is 0 Å². The Balaban J connectivity index is -0.000000110. The lowest BCUT2D eigenvalue weighted by atomic mass is 9.87. The fourth-order valence-corrected chi connectivity index (χ4v) is 0.938. The Kier molecular flexibility index (Phi) is 20.1. The summed E-state index contributed by atoms with van der Waals surface area (Å²) in [5.74, 6) is 0. The molecule has 1 aromatic rings. The topological polar surface area (TPSA) is 0 Å².